The van der Waals surface area contributed by atoms with Crippen LogP contribution in [0.2, 0.25) is 0 Å². The summed E-state index contributed by atoms with van der Waals surface area (Å²) in [6.07, 6.45) is 76.1. The Morgan fingerprint density at radius 3 is 0.767 bits per heavy atom. The summed E-state index contributed by atoms with van der Waals surface area (Å²) >= 11 is 0. The first-order valence-corrected chi connectivity index (χ1v) is 32.5. The summed E-state index contributed by atoms with van der Waals surface area (Å²) in [7, 11) is 0. The number of rotatable bonds is 60. The maximum absolute atomic E-state index is 12.9. The third-order valence-corrected chi connectivity index (χ3v) is 14.6. The van der Waals surface area contributed by atoms with Gasteiger partial charge in [0.15, 0.2) is 6.10 Å². The van der Waals surface area contributed by atoms with Gasteiger partial charge in [0.2, 0.25) is 0 Å². The molecule has 0 saturated carbocycles. The second-order valence-corrected chi connectivity index (χ2v) is 22.0. The molecule has 0 rings (SSSR count). The summed E-state index contributed by atoms with van der Waals surface area (Å²) in [4.78, 5) is 38.1. The number of ether oxygens (including phenoxy) is 3. The first-order valence-electron chi connectivity index (χ1n) is 32.5. The number of carbonyl (C=O) groups is 3. The van der Waals surface area contributed by atoms with Crippen LogP contribution in [-0.2, 0) is 28.6 Å². The Bertz CT molecular complexity index is 1220. The molecule has 0 N–H and O–H groups in total. The molecule has 0 aromatic rings. The van der Waals surface area contributed by atoms with Crippen LogP contribution in [0.5, 0.6) is 0 Å². The lowest BCUT2D eigenvalue weighted by Crippen LogP contribution is -2.30. The van der Waals surface area contributed by atoms with Crippen molar-refractivity contribution in [3.63, 3.8) is 0 Å². The predicted octanol–water partition coefficient (Wildman–Crippen LogP) is 22.0. The van der Waals surface area contributed by atoms with Crippen LogP contribution in [0.4, 0.5) is 0 Å². The molecule has 0 amide bonds. The van der Waals surface area contributed by atoms with E-state index in [2.05, 4.69) is 57.2 Å². The fourth-order valence-corrected chi connectivity index (χ4v) is 9.75. The van der Waals surface area contributed by atoms with E-state index in [1.54, 1.807) is 0 Å². The van der Waals surface area contributed by atoms with E-state index >= 15 is 0 Å². The first kappa shape index (κ1) is 70.6. The molecule has 6 nitrogen and oxygen atoms in total. The lowest BCUT2D eigenvalue weighted by molar-refractivity contribution is -0.167. The van der Waals surface area contributed by atoms with Gasteiger partial charge in [-0.1, -0.05) is 314 Å². The van der Waals surface area contributed by atoms with Crippen LogP contribution < -0.4 is 0 Å². The number of esters is 3. The molecule has 0 aliphatic heterocycles. The van der Waals surface area contributed by atoms with Crippen molar-refractivity contribution in [3.8, 4) is 0 Å². The largest absolute Gasteiger partial charge is 0.462 e. The van der Waals surface area contributed by atoms with Crippen LogP contribution in [-0.4, -0.2) is 37.2 Å². The Labute approximate surface area is 455 Å². The maximum atomic E-state index is 12.9. The van der Waals surface area contributed by atoms with Crippen LogP contribution in [0.1, 0.15) is 355 Å². The molecule has 0 spiro atoms. The van der Waals surface area contributed by atoms with Crippen LogP contribution >= 0.6 is 0 Å². The molecule has 0 aromatic heterocycles. The molecule has 0 aliphatic rings. The smallest absolute Gasteiger partial charge is 0.306 e. The number of unbranched alkanes of at least 4 members (excludes halogenated alkanes) is 43. The van der Waals surface area contributed by atoms with Crippen LogP contribution in [0.15, 0.2) is 36.5 Å². The van der Waals surface area contributed by atoms with Crippen LogP contribution in [0, 0.1) is 0 Å². The predicted molar refractivity (Wildman–Crippen MR) is 316 cm³/mol. The van der Waals surface area contributed by atoms with Crippen LogP contribution in [0.3, 0.4) is 0 Å². The second kappa shape index (κ2) is 62.2. The van der Waals surface area contributed by atoms with E-state index in [0.29, 0.717) is 19.3 Å². The SMILES string of the molecule is CCCCCCC/C=C\C/C=C\C/C=C\CCCCCCCCCCC(=O)OC(COC(=O)CCCCCCCCC)COC(=O)CCCCCCCCCCCCCCCCCCCCCCCCCCC. The zero-order valence-electron chi connectivity index (χ0n) is 49.2. The number of hydrogen-bond donors (Lipinski definition) is 0. The normalized spacial score (nSPS) is 12.2. The summed E-state index contributed by atoms with van der Waals surface area (Å²) < 4.78 is 16.8. The molecule has 6 heteroatoms. The van der Waals surface area contributed by atoms with Crippen LogP contribution in [0.25, 0.3) is 0 Å². The first-order chi connectivity index (χ1) is 36.0. The lowest BCUT2D eigenvalue weighted by Gasteiger charge is -2.18. The summed E-state index contributed by atoms with van der Waals surface area (Å²) in [5, 5.41) is 0. The molecule has 0 radical (unpaired) electrons. The summed E-state index contributed by atoms with van der Waals surface area (Å²) in [5.41, 5.74) is 0. The van der Waals surface area contributed by atoms with Gasteiger partial charge in [-0.25, -0.2) is 0 Å². The number of hydrogen-bond acceptors (Lipinski definition) is 6. The zero-order valence-corrected chi connectivity index (χ0v) is 49.2. The summed E-state index contributed by atoms with van der Waals surface area (Å²) in [6, 6.07) is 0. The van der Waals surface area contributed by atoms with Gasteiger partial charge >= 0.3 is 17.9 Å². The van der Waals surface area contributed by atoms with E-state index in [-0.39, 0.29) is 31.1 Å². The molecule has 1 unspecified atom stereocenters. The molecule has 0 bridgehead atoms. The Balaban J connectivity index is 4.10. The highest BCUT2D eigenvalue weighted by Crippen LogP contribution is 2.18. The average molecular weight is 1030 g/mol. The van der Waals surface area contributed by atoms with Gasteiger partial charge in [-0.3, -0.25) is 14.4 Å². The van der Waals surface area contributed by atoms with E-state index < -0.39 is 6.10 Å². The van der Waals surface area contributed by atoms with Crippen molar-refractivity contribution in [1.29, 1.82) is 0 Å². The number of carbonyl (C=O) groups excluding carboxylic acids is 3. The van der Waals surface area contributed by atoms with Gasteiger partial charge in [0.25, 0.3) is 0 Å². The van der Waals surface area contributed by atoms with Crippen molar-refractivity contribution >= 4 is 17.9 Å². The van der Waals surface area contributed by atoms with E-state index in [1.165, 1.54) is 238 Å². The maximum Gasteiger partial charge on any atom is 0.306 e. The van der Waals surface area contributed by atoms with E-state index in [9.17, 15) is 14.4 Å². The fraction of sp³-hybridized carbons (Fsp3) is 0.866. The highest BCUT2D eigenvalue weighted by atomic mass is 16.6. The van der Waals surface area contributed by atoms with Crippen molar-refractivity contribution in [1.82, 2.24) is 0 Å². The average Bonchev–Trinajstić information content (AvgIpc) is 3.39. The molecule has 0 heterocycles. The van der Waals surface area contributed by atoms with E-state index in [1.807, 2.05) is 0 Å². The van der Waals surface area contributed by atoms with Gasteiger partial charge < -0.3 is 14.2 Å². The minimum Gasteiger partial charge on any atom is -0.462 e. The highest BCUT2D eigenvalue weighted by Gasteiger charge is 2.19. The molecule has 0 aromatic carbocycles. The summed E-state index contributed by atoms with van der Waals surface area (Å²) in [6.45, 7) is 6.64. The van der Waals surface area contributed by atoms with Gasteiger partial charge in [0, 0.05) is 19.3 Å². The molecular formula is C67H124O6. The fourth-order valence-electron chi connectivity index (χ4n) is 9.75. The minimum absolute atomic E-state index is 0.0707. The zero-order chi connectivity index (χ0) is 52.9. The third-order valence-electron chi connectivity index (χ3n) is 14.6. The van der Waals surface area contributed by atoms with E-state index in [0.717, 1.165) is 77.0 Å². The van der Waals surface area contributed by atoms with Crippen molar-refractivity contribution in [2.45, 2.75) is 361 Å². The quantitative estimate of drug-likeness (QED) is 0.0261. The monoisotopic (exact) mass is 1020 g/mol. The standard InChI is InChI=1S/C67H124O6/c1-4-7-10-13-16-18-20-22-24-26-28-30-32-33-35-36-38-40-42-44-46-48-51-54-57-60-66(69)72-63-64(62-71-65(68)59-56-53-50-15-12-9-6-3)73-67(70)61-58-55-52-49-47-45-43-41-39-37-34-31-29-27-25-23-21-19-17-14-11-8-5-2/h21,23,27,29,34,37,64H,4-20,22,24-26,28,30-33,35-36,38-63H2,1-3H3/b23-21-,29-27-,37-34-. The van der Waals surface area contributed by atoms with Gasteiger partial charge in [-0.15, -0.1) is 0 Å². The molecule has 0 fully saturated rings. The van der Waals surface area contributed by atoms with Crippen molar-refractivity contribution in [2.75, 3.05) is 13.2 Å². The topological polar surface area (TPSA) is 78.9 Å². The Kier molecular flexibility index (Phi) is 60.2. The van der Waals surface area contributed by atoms with Gasteiger partial charge in [-0.2, -0.15) is 0 Å². The molecule has 73 heavy (non-hydrogen) atoms. The molecule has 428 valence electrons. The molecule has 0 aliphatic carbocycles. The second-order valence-electron chi connectivity index (χ2n) is 22.0. The Morgan fingerprint density at radius 1 is 0.274 bits per heavy atom. The minimum atomic E-state index is -0.771. The van der Waals surface area contributed by atoms with Gasteiger partial charge in [0.05, 0.1) is 0 Å². The Morgan fingerprint density at radius 2 is 0.493 bits per heavy atom. The van der Waals surface area contributed by atoms with Crippen molar-refractivity contribution in [3.05, 3.63) is 36.5 Å². The van der Waals surface area contributed by atoms with Gasteiger partial charge in [-0.05, 0) is 57.8 Å². The summed E-state index contributed by atoms with van der Waals surface area (Å²) in [5.74, 6) is -0.863. The Hall–Kier alpha value is -2.37. The molecular weight excluding hydrogens is 901 g/mol. The van der Waals surface area contributed by atoms with Gasteiger partial charge in [0.1, 0.15) is 13.2 Å². The van der Waals surface area contributed by atoms with Crippen molar-refractivity contribution < 1.29 is 28.6 Å². The molecule has 0 saturated heterocycles. The highest BCUT2D eigenvalue weighted by molar-refractivity contribution is 5.71. The number of allylic oxidation sites excluding steroid dienone is 6. The lowest BCUT2D eigenvalue weighted by atomic mass is 10.0. The van der Waals surface area contributed by atoms with Crippen molar-refractivity contribution in [2.24, 2.45) is 0 Å². The molecule has 1 atom stereocenters. The van der Waals surface area contributed by atoms with E-state index in [4.69, 9.17) is 14.2 Å². The third kappa shape index (κ3) is 60.4.